The molecule has 0 spiro atoms. The van der Waals surface area contributed by atoms with Crippen LogP contribution in [0.4, 0.5) is 5.95 Å². The Morgan fingerprint density at radius 3 is 2.48 bits per heavy atom. The van der Waals surface area contributed by atoms with Gasteiger partial charge in [-0.05, 0) is 49.0 Å². The zero-order valence-corrected chi connectivity index (χ0v) is 16.1. The number of hydrogen-bond donors (Lipinski definition) is 1. The number of nitrogens with one attached hydrogen (secondary N) is 1. The van der Waals surface area contributed by atoms with E-state index < -0.39 is 0 Å². The summed E-state index contributed by atoms with van der Waals surface area (Å²) < 4.78 is 2.11. The fraction of sp³-hybridized carbons (Fsp3) is 0.158. The maximum absolute atomic E-state index is 12.6. The molecule has 1 aromatic heterocycles. The quantitative estimate of drug-likeness (QED) is 0.665. The molecule has 3 aromatic rings. The highest BCUT2D eigenvalue weighted by Crippen LogP contribution is 2.24. The summed E-state index contributed by atoms with van der Waals surface area (Å²) in [5.74, 6) is 0.218. The van der Waals surface area contributed by atoms with Crippen molar-refractivity contribution in [2.45, 2.75) is 19.8 Å². The van der Waals surface area contributed by atoms with Gasteiger partial charge in [0.05, 0.1) is 11.4 Å². The van der Waals surface area contributed by atoms with Crippen LogP contribution < -0.4 is 5.01 Å². The molecule has 1 aliphatic rings. The molecule has 27 heavy (non-hydrogen) atoms. The Labute approximate surface area is 166 Å². The van der Waals surface area contributed by atoms with Crippen molar-refractivity contribution in [2.24, 2.45) is 5.10 Å². The number of amides is 1. The number of halogens is 1. The largest absolute Gasteiger partial charge is 0.272 e. The van der Waals surface area contributed by atoms with Crippen molar-refractivity contribution in [2.75, 3.05) is 5.01 Å². The lowest BCUT2D eigenvalue weighted by atomic mass is 10.0. The highest BCUT2D eigenvalue weighted by molar-refractivity contribution is 7.71. The third-order valence-electron chi connectivity index (χ3n) is 4.35. The Bertz CT molecular complexity index is 1080. The Hall–Kier alpha value is -2.77. The molecule has 0 atom stereocenters. The lowest BCUT2D eigenvalue weighted by Crippen LogP contribution is -2.33. The summed E-state index contributed by atoms with van der Waals surface area (Å²) >= 11 is 11.3. The molecule has 0 radical (unpaired) electrons. The Morgan fingerprint density at radius 2 is 1.78 bits per heavy atom. The molecule has 1 aliphatic heterocycles. The van der Waals surface area contributed by atoms with Gasteiger partial charge in [-0.15, -0.1) is 5.10 Å². The van der Waals surface area contributed by atoms with Crippen molar-refractivity contribution in [1.82, 2.24) is 14.8 Å². The van der Waals surface area contributed by atoms with E-state index in [1.807, 2.05) is 55.5 Å². The molecule has 0 bridgehead atoms. The van der Waals surface area contributed by atoms with Crippen molar-refractivity contribution in [3.63, 3.8) is 0 Å². The van der Waals surface area contributed by atoms with E-state index in [-0.39, 0.29) is 5.91 Å². The molecule has 2 heterocycles. The maximum Gasteiger partial charge on any atom is 0.258 e. The van der Waals surface area contributed by atoms with E-state index in [2.05, 4.69) is 15.3 Å². The minimum Gasteiger partial charge on any atom is -0.272 e. The molecule has 0 saturated heterocycles. The van der Waals surface area contributed by atoms with Crippen LogP contribution in [-0.4, -0.2) is 26.4 Å². The number of hydrogen-bond acceptors (Lipinski definition) is 4. The molecule has 2 aromatic carbocycles. The molecule has 6 nitrogen and oxygen atoms in total. The molecule has 1 N–H and O–H groups in total. The smallest absolute Gasteiger partial charge is 0.258 e. The topological polar surface area (TPSA) is 66.3 Å². The van der Waals surface area contributed by atoms with Crippen LogP contribution >= 0.6 is 23.8 Å². The Balaban J connectivity index is 1.79. The van der Waals surface area contributed by atoms with E-state index >= 15 is 0 Å². The van der Waals surface area contributed by atoms with Gasteiger partial charge in [0.25, 0.3) is 11.9 Å². The van der Waals surface area contributed by atoms with Gasteiger partial charge in [-0.3, -0.25) is 9.36 Å². The predicted octanol–water partition coefficient (Wildman–Crippen LogP) is 4.42. The minimum atomic E-state index is -0.130. The van der Waals surface area contributed by atoms with Crippen molar-refractivity contribution in [1.29, 1.82) is 0 Å². The summed E-state index contributed by atoms with van der Waals surface area (Å²) in [4.78, 5) is 12.6. The first-order chi connectivity index (χ1) is 13.0. The first-order valence-corrected chi connectivity index (χ1v) is 9.22. The van der Waals surface area contributed by atoms with Crippen LogP contribution in [0.25, 0.3) is 5.69 Å². The van der Waals surface area contributed by atoms with E-state index in [9.17, 15) is 4.79 Å². The van der Waals surface area contributed by atoms with Crippen molar-refractivity contribution < 1.29 is 4.79 Å². The Morgan fingerprint density at radius 1 is 1.07 bits per heavy atom. The second-order valence-corrected chi connectivity index (χ2v) is 7.08. The van der Waals surface area contributed by atoms with E-state index in [0.717, 1.165) is 22.5 Å². The summed E-state index contributed by atoms with van der Waals surface area (Å²) in [5.41, 5.74) is 3.67. The van der Waals surface area contributed by atoms with Crippen LogP contribution in [0, 0.1) is 11.7 Å². The minimum absolute atomic E-state index is 0.130. The van der Waals surface area contributed by atoms with Crippen LogP contribution in [0.5, 0.6) is 0 Å². The standard InChI is InChI=1S/C19H16ClN5OS/c1-12-2-8-15(9-3-12)24-18(21-22-19(24)27)25-17(26)11-10-16(23-25)13-4-6-14(20)7-5-13/h2-9H,10-11H2,1H3,(H,22,27). The summed E-state index contributed by atoms with van der Waals surface area (Å²) in [7, 11) is 0. The van der Waals surface area contributed by atoms with E-state index in [1.165, 1.54) is 5.01 Å². The zero-order valence-electron chi connectivity index (χ0n) is 14.5. The fourth-order valence-corrected chi connectivity index (χ4v) is 3.27. The van der Waals surface area contributed by atoms with Gasteiger partial charge in [0.2, 0.25) is 4.77 Å². The molecule has 8 heteroatoms. The highest BCUT2D eigenvalue weighted by Gasteiger charge is 2.27. The van der Waals surface area contributed by atoms with Crippen LogP contribution in [0.1, 0.15) is 24.0 Å². The molecule has 0 aliphatic carbocycles. The number of carbonyl (C=O) groups is 1. The number of rotatable bonds is 3. The molecule has 0 saturated carbocycles. The van der Waals surface area contributed by atoms with E-state index in [1.54, 1.807) is 4.57 Å². The van der Waals surface area contributed by atoms with Gasteiger partial charge in [-0.2, -0.15) is 10.1 Å². The number of anilines is 1. The van der Waals surface area contributed by atoms with Crippen LogP contribution in [0.3, 0.4) is 0 Å². The maximum atomic E-state index is 12.6. The van der Waals surface area contributed by atoms with E-state index in [4.69, 9.17) is 23.8 Å². The first-order valence-electron chi connectivity index (χ1n) is 8.44. The number of H-pyrrole nitrogens is 1. The second-order valence-electron chi connectivity index (χ2n) is 6.26. The molecule has 1 amide bonds. The van der Waals surface area contributed by atoms with Gasteiger partial charge in [0, 0.05) is 17.9 Å². The molecule has 136 valence electrons. The number of aromatic amines is 1. The highest BCUT2D eigenvalue weighted by atomic mass is 35.5. The third-order valence-corrected chi connectivity index (χ3v) is 4.87. The average Bonchev–Trinajstić information content (AvgIpc) is 3.05. The molecular formula is C19H16ClN5OS. The normalized spacial score (nSPS) is 14.4. The molecule has 4 rings (SSSR count). The predicted molar refractivity (Wildman–Crippen MR) is 108 cm³/mol. The van der Waals surface area contributed by atoms with Crippen molar-refractivity contribution in [3.8, 4) is 5.69 Å². The number of nitrogens with zero attached hydrogens (tertiary/aromatic N) is 4. The number of benzene rings is 2. The van der Waals surface area contributed by atoms with Crippen LogP contribution in [0.15, 0.2) is 53.6 Å². The zero-order chi connectivity index (χ0) is 19.0. The van der Waals surface area contributed by atoms with Gasteiger partial charge < -0.3 is 0 Å². The summed E-state index contributed by atoms with van der Waals surface area (Å²) in [6.45, 7) is 2.01. The van der Waals surface area contributed by atoms with Crippen molar-refractivity contribution in [3.05, 3.63) is 69.5 Å². The number of aromatic nitrogens is 3. The SMILES string of the molecule is Cc1ccc(-n2c(N3N=C(c4ccc(Cl)cc4)CCC3=O)n[nH]c2=S)cc1. The summed E-state index contributed by atoms with van der Waals surface area (Å²) in [6.07, 6.45) is 0.904. The van der Waals surface area contributed by atoms with Gasteiger partial charge in [-0.25, -0.2) is 5.10 Å². The summed E-state index contributed by atoms with van der Waals surface area (Å²) in [6, 6.07) is 15.2. The second kappa shape index (κ2) is 7.09. The number of hydrazone groups is 1. The van der Waals surface area contributed by atoms with Crippen LogP contribution in [0.2, 0.25) is 5.02 Å². The van der Waals surface area contributed by atoms with Gasteiger partial charge in [0.15, 0.2) is 0 Å². The third kappa shape index (κ3) is 3.43. The van der Waals surface area contributed by atoms with Gasteiger partial charge >= 0.3 is 0 Å². The monoisotopic (exact) mass is 397 g/mol. The average molecular weight is 398 g/mol. The lowest BCUT2D eigenvalue weighted by Gasteiger charge is -2.23. The molecule has 0 unspecified atom stereocenters. The lowest BCUT2D eigenvalue weighted by molar-refractivity contribution is -0.118. The fourth-order valence-electron chi connectivity index (χ4n) is 2.92. The van der Waals surface area contributed by atoms with Gasteiger partial charge in [0.1, 0.15) is 0 Å². The first kappa shape index (κ1) is 17.6. The molecular weight excluding hydrogens is 382 g/mol. The van der Waals surface area contributed by atoms with Gasteiger partial charge in [-0.1, -0.05) is 41.4 Å². The number of aryl methyl sites for hydroxylation is 1. The Kier molecular flexibility index (Phi) is 4.63. The number of carbonyl (C=O) groups excluding carboxylic acids is 1. The van der Waals surface area contributed by atoms with Crippen LogP contribution in [-0.2, 0) is 4.79 Å². The summed E-state index contributed by atoms with van der Waals surface area (Å²) in [5, 5.41) is 13.6. The van der Waals surface area contributed by atoms with E-state index in [0.29, 0.717) is 28.6 Å². The molecule has 0 fully saturated rings. The van der Waals surface area contributed by atoms with Crippen molar-refractivity contribution >= 4 is 41.4 Å².